The van der Waals surface area contributed by atoms with Crippen LogP contribution >= 0.6 is 0 Å². The van der Waals surface area contributed by atoms with Gasteiger partial charge in [-0.25, -0.2) is 15.0 Å². The van der Waals surface area contributed by atoms with E-state index in [1.54, 1.807) is 38.4 Å². The normalized spacial score (nSPS) is 18.9. The van der Waals surface area contributed by atoms with Crippen molar-refractivity contribution in [1.29, 1.82) is 0 Å². The summed E-state index contributed by atoms with van der Waals surface area (Å²) in [4.78, 5) is 27.2. The summed E-state index contributed by atoms with van der Waals surface area (Å²) in [5, 5.41) is 25.8. The molecular weight excluding hydrogens is 440 g/mol. The Labute approximate surface area is 194 Å². The molecule has 5 rings (SSSR count). The van der Waals surface area contributed by atoms with Crippen LogP contribution in [0.4, 0.5) is 5.95 Å². The molecule has 5 heterocycles. The maximum atomic E-state index is 12.4. The number of likely N-dealkylation sites (N-methyl/N-ethyl adjacent to an activating group) is 1. The molecule has 1 aliphatic rings. The fraction of sp³-hybridized carbons (Fsp3) is 0.318. The molecule has 0 spiro atoms. The quantitative estimate of drug-likeness (QED) is 0.432. The lowest BCUT2D eigenvalue weighted by atomic mass is 9.98. The fourth-order valence-electron chi connectivity index (χ4n) is 3.71. The minimum atomic E-state index is -1.71. The Hall–Kier alpha value is -4.19. The summed E-state index contributed by atoms with van der Waals surface area (Å²) < 4.78 is 10.8. The Bertz CT molecular complexity index is 1350. The third-order valence-electron chi connectivity index (χ3n) is 5.61. The van der Waals surface area contributed by atoms with Crippen LogP contribution in [0.2, 0.25) is 0 Å². The molecule has 1 amide bonds. The van der Waals surface area contributed by atoms with E-state index in [1.807, 2.05) is 19.1 Å². The van der Waals surface area contributed by atoms with Crippen molar-refractivity contribution in [2.75, 3.05) is 18.9 Å². The van der Waals surface area contributed by atoms with E-state index in [9.17, 15) is 9.90 Å². The molecule has 2 N–H and O–H groups in total. The standard InChI is InChI=1S/C22H22N8O4/c1-12(19-28-27-13(2)33-19)24-21-23-9-7-16(26-21)14-5-4-6-15(25-14)17-11-18(34-29-17)22(32)8-10-30(3)20(22)31/h4-7,9,11-12,32H,8,10H2,1-3H3,(H,23,24,26)/t12?,22-/m1/s1. The van der Waals surface area contributed by atoms with Crippen LogP contribution in [0, 0.1) is 6.92 Å². The molecule has 0 aromatic carbocycles. The number of hydrogen-bond acceptors (Lipinski definition) is 11. The first-order valence-corrected chi connectivity index (χ1v) is 10.7. The number of nitrogens with zero attached hydrogens (tertiary/aromatic N) is 7. The van der Waals surface area contributed by atoms with E-state index in [1.165, 1.54) is 4.90 Å². The molecule has 4 aromatic rings. The summed E-state index contributed by atoms with van der Waals surface area (Å²) in [5.74, 6) is 0.974. The minimum absolute atomic E-state index is 0.0998. The molecule has 4 aromatic heterocycles. The molecule has 12 nitrogen and oxygen atoms in total. The van der Waals surface area contributed by atoms with Gasteiger partial charge in [0.25, 0.3) is 5.91 Å². The maximum absolute atomic E-state index is 12.4. The van der Waals surface area contributed by atoms with Gasteiger partial charge in [-0.05, 0) is 25.1 Å². The molecule has 0 radical (unpaired) electrons. The molecule has 1 aliphatic heterocycles. The van der Waals surface area contributed by atoms with E-state index in [-0.39, 0.29) is 18.2 Å². The Kier molecular flexibility index (Phi) is 5.28. The molecule has 1 unspecified atom stereocenters. The van der Waals surface area contributed by atoms with Crippen molar-refractivity contribution in [3.05, 3.63) is 54.1 Å². The van der Waals surface area contributed by atoms with Gasteiger partial charge in [-0.15, -0.1) is 10.2 Å². The minimum Gasteiger partial charge on any atom is -0.423 e. The van der Waals surface area contributed by atoms with Crippen molar-refractivity contribution in [2.24, 2.45) is 0 Å². The molecule has 1 fully saturated rings. The highest BCUT2D eigenvalue weighted by molar-refractivity contribution is 5.87. The Balaban J connectivity index is 1.38. The van der Waals surface area contributed by atoms with Crippen molar-refractivity contribution in [3.8, 4) is 22.8 Å². The average molecular weight is 462 g/mol. The SMILES string of the molecule is Cc1nnc(C(C)Nc2nccc(-c3cccc(-c4cc([C@]5(O)CCN(C)C5=O)on4)n3)n2)o1. The van der Waals surface area contributed by atoms with Gasteiger partial charge >= 0.3 is 0 Å². The largest absolute Gasteiger partial charge is 0.423 e. The predicted octanol–water partition coefficient (Wildman–Crippen LogP) is 2.11. The summed E-state index contributed by atoms with van der Waals surface area (Å²) in [7, 11) is 1.64. The number of carbonyl (C=O) groups excluding carboxylic acids is 1. The highest BCUT2D eigenvalue weighted by atomic mass is 16.5. The molecular formula is C22H22N8O4. The number of anilines is 1. The fourth-order valence-corrected chi connectivity index (χ4v) is 3.71. The van der Waals surface area contributed by atoms with Gasteiger partial charge < -0.3 is 24.3 Å². The predicted molar refractivity (Wildman–Crippen MR) is 118 cm³/mol. The summed E-state index contributed by atoms with van der Waals surface area (Å²) in [6.45, 7) is 4.03. The lowest BCUT2D eigenvalue weighted by molar-refractivity contribution is -0.144. The second-order valence-corrected chi connectivity index (χ2v) is 8.11. The van der Waals surface area contributed by atoms with Gasteiger partial charge in [0.05, 0.1) is 17.1 Å². The van der Waals surface area contributed by atoms with E-state index in [0.29, 0.717) is 47.1 Å². The number of nitrogens with one attached hydrogen (secondary N) is 1. The number of aromatic nitrogens is 6. The van der Waals surface area contributed by atoms with Gasteiger partial charge in [0.2, 0.25) is 23.3 Å². The van der Waals surface area contributed by atoms with E-state index in [4.69, 9.17) is 8.94 Å². The van der Waals surface area contributed by atoms with Gasteiger partial charge in [0.15, 0.2) is 5.76 Å². The number of aryl methyl sites for hydroxylation is 1. The van der Waals surface area contributed by atoms with Crippen molar-refractivity contribution in [2.45, 2.75) is 31.9 Å². The summed E-state index contributed by atoms with van der Waals surface area (Å²) in [6, 6.07) is 8.39. The van der Waals surface area contributed by atoms with Gasteiger partial charge in [-0.3, -0.25) is 4.79 Å². The number of amides is 1. The zero-order valence-corrected chi connectivity index (χ0v) is 18.8. The van der Waals surface area contributed by atoms with Crippen LogP contribution in [0.3, 0.4) is 0 Å². The van der Waals surface area contributed by atoms with Crippen molar-refractivity contribution in [3.63, 3.8) is 0 Å². The smallest absolute Gasteiger partial charge is 0.262 e. The first kappa shape index (κ1) is 21.6. The van der Waals surface area contributed by atoms with Crippen molar-refractivity contribution in [1.82, 2.24) is 35.2 Å². The van der Waals surface area contributed by atoms with Gasteiger partial charge in [-0.1, -0.05) is 11.2 Å². The molecule has 12 heteroatoms. The van der Waals surface area contributed by atoms with Crippen molar-refractivity contribution >= 4 is 11.9 Å². The lowest BCUT2D eigenvalue weighted by Crippen LogP contribution is -2.35. The van der Waals surface area contributed by atoms with Gasteiger partial charge in [-0.2, -0.15) is 0 Å². The zero-order valence-electron chi connectivity index (χ0n) is 18.8. The number of pyridine rings is 1. The Morgan fingerprint density at radius 1 is 1.15 bits per heavy atom. The van der Waals surface area contributed by atoms with Gasteiger partial charge in [0, 0.05) is 39.2 Å². The summed E-state index contributed by atoms with van der Waals surface area (Å²) in [6.07, 6.45) is 1.86. The maximum Gasteiger partial charge on any atom is 0.262 e. The molecule has 2 atom stereocenters. The molecule has 174 valence electrons. The number of carbonyl (C=O) groups is 1. The highest BCUT2D eigenvalue weighted by Crippen LogP contribution is 2.34. The summed E-state index contributed by atoms with van der Waals surface area (Å²) >= 11 is 0. The first-order chi connectivity index (χ1) is 16.3. The monoisotopic (exact) mass is 462 g/mol. The van der Waals surface area contributed by atoms with E-state index >= 15 is 0 Å². The zero-order chi connectivity index (χ0) is 23.9. The Morgan fingerprint density at radius 3 is 2.62 bits per heavy atom. The first-order valence-electron chi connectivity index (χ1n) is 10.7. The number of rotatable bonds is 6. The van der Waals surface area contributed by atoms with Crippen molar-refractivity contribution < 1.29 is 18.8 Å². The average Bonchev–Trinajstić information content (AvgIpc) is 3.57. The lowest BCUT2D eigenvalue weighted by Gasteiger charge is -2.16. The van der Waals surface area contributed by atoms with Crippen LogP contribution in [0.5, 0.6) is 0 Å². The number of hydrogen-bond donors (Lipinski definition) is 2. The molecule has 0 bridgehead atoms. The van der Waals surface area contributed by atoms with Gasteiger partial charge in [0.1, 0.15) is 11.7 Å². The molecule has 1 saturated heterocycles. The van der Waals surface area contributed by atoms with Crippen LogP contribution < -0.4 is 5.32 Å². The topological polar surface area (TPSA) is 156 Å². The van der Waals surface area contributed by atoms with Crippen LogP contribution in [-0.2, 0) is 10.4 Å². The third kappa shape index (κ3) is 3.88. The van der Waals surface area contributed by atoms with Crippen LogP contribution in [0.1, 0.15) is 36.9 Å². The molecule has 0 aliphatic carbocycles. The highest BCUT2D eigenvalue weighted by Gasteiger charge is 2.48. The van der Waals surface area contributed by atoms with Crippen LogP contribution in [0.25, 0.3) is 22.8 Å². The molecule has 34 heavy (non-hydrogen) atoms. The second-order valence-electron chi connectivity index (χ2n) is 8.11. The second kappa shape index (κ2) is 8.30. The summed E-state index contributed by atoms with van der Waals surface area (Å²) in [5.41, 5.74) is 0.379. The van der Waals surface area contributed by atoms with Crippen LogP contribution in [0.15, 0.2) is 45.5 Å². The molecule has 0 saturated carbocycles. The van der Waals surface area contributed by atoms with Crippen LogP contribution in [-0.4, -0.2) is 59.8 Å². The van der Waals surface area contributed by atoms with E-state index < -0.39 is 11.5 Å². The number of aliphatic hydroxyl groups is 1. The van der Waals surface area contributed by atoms with E-state index in [2.05, 4.69) is 35.6 Å². The Morgan fingerprint density at radius 2 is 1.91 bits per heavy atom. The van der Waals surface area contributed by atoms with E-state index in [0.717, 1.165) is 0 Å². The number of likely N-dealkylation sites (tertiary alicyclic amines) is 1. The third-order valence-corrected chi connectivity index (χ3v) is 5.61.